The van der Waals surface area contributed by atoms with Crippen LogP contribution in [0.25, 0.3) is 11.1 Å². The average molecular weight is 350 g/mol. The van der Waals surface area contributed by atoms with Gasteiger partial charge in [-0.15, -0.1) is 13.2 Å². The molecule has 0 radical (unpaired) electrons. The summed E-state index contributed by atoms with van der Waals surface area (Å²) >= 11 is 0. The third-order valence-corrected chi connectivity index (χ3v) is 3.41. The molecule has 2 nitrogen and oxygen atoms in total. The molecule has 0 amide bonds. The maximum Gasteiger partial charge on any atom is 0.573 e. The van der Waals surface area contributed by atoms with Crippen LogP contribution < -0.4 is 4.74 Å². The first-order valence-electron chi connectivity index (χ1n) is 6.67. The van der Waals surface area contributed by atoms with E-state index in [9.17, 15) is 31.4 Å². The fourth-order valence-electron chi connectivity index (χ4n) is 2.20. The van der Waals surface area contributed by atoms with Gasteiger partial charge in [0.15, 0.2) is 5.60 Å². The number of hydrogen-bond acceptors (Lipinski definition) is 2. The van der Waals surface area contributed by atoms with Crippen LogP contribution >= 0.6 is 0 Å². The quantitative estimate of drug-likeness (QED) is 0.788. The largest absolute Gasteiger partial charge is 0.573 e. The smallest absolute Gasteiger partial charge is 0.405 e. The number of aliphatic hydroxyl groups is 1. The van der Waals surface area contributed by atoms with Gasteiger partial charge in [-0.05, 0) is 18.6 Å². The van der Waals surface area contributed by atoms with Gasteiger partial charge in [-0.1, -0.05) is 42.5 Å². The molecular weight excluding hydrogens is 338 g/mol. The van der Waals surface area contributed by atoms with Gasteiger partial charge in [0.1, 0.15) is 5.75 Å². The molecule has 0 aliphatic heterocycles. The van der Waals surface area contributed by atoms with E-state index in [1.54, 1.807) is 0 Å². The topological polar surface area (TPSA) is 29.5 Å². The second-order valence-electron chi connectivity index (χ2n) is 5.16. The molecule has 130 valence electrons. The molecule has 1 N–H and O–H groups in total. The number of halogens is 6. The van der Waals surface area contributed by atoms with Crippen molar-refractivity contribution < 1.29 is 36.2 Å². The number of para-hydroxylation sites is 1. The summed E-state index contributed by atoms with van der Waals surface area (Å²) in [5.74, 6) is -0.657. The van der Waals surface area contributed by atoms with E-state index in [0.29, 0.717) is 6.92 Å². The van der Waals surface area contributed by atoms with Gasteiger partial charge >= 0.3 is 12.5 Å². The lowest BCUT2D eigenvalue weighted by Crippen LogP contribution is -2.39. The Morgan fingerprint density at radius 2 is 1.29 bits per heavy atom. The van der Waals surface area contributed by atoms with E-state index in [-0.39, 0.29) is 11.1 Å². The van der Waals surface area contributed by atoms with Crippen LogP contribution in [-0.4, -0.2) is 17.6 Å². The summed E-state index contributed by atoms with van der Waals surface area (Å²) in [6.07, 6.45) is -10.0. The van der Waals surface area contributed by atoms with Crippen molar-refractivity contribution >= 4 is 0 Å². The van der Waals surface area contributed by atoms with E-state index in [2.05, 4.69) is 4.74 Å². The average Bonchev–Trinajstić information content (AvgIpc) is 2.45. The molecule has 0 aliphatic carbocycles. The molecule has 2 aromatic carbocycles. The third-order valence-electron chi connectivity index (χ3n) is 3.41. The van der Waals surface area contributed by atoms with Crippen LogP contribution in [0.2, 0.25) is 0 Å². The highest BCUT2D eigenvalue weighted by Crippen LogP contribution is 2.44. The Labute approximate surface area is 133 Å². The van der Waals surface area contributed by atoms with Crippen LogP contribution in [0.3, 0.4) is 0 Å². The fraction of sp³-hybridized carbons (Fsp3) is 0.250. The lowest BCUT2D eigenvalue weighted by Gasteiger charge is -2.29. The zero-order chi connectivity index (χ0) is 18.2. The predicted octanol–water partition coefficient (Wildman–Crippen LogP) is 5.02. The first-order valence-corrected chi connectivity index (χ1v) is 6.67. The third kappa shape index (κ3) is 3.64. The second kappa shape index (κ2) is 6.01. The molecule has 0 saturated carbocycles. The standard InChI is InChI=1S/C16H12F6O2/c1-14(23,15(17,18)19)12-8-4-2-6-10(12)11-7-3-5-9-13(11)24-16(20,21)22/h2-9,23H,1H3. The van der Waals surface area contributed by atoms with Gasteiger partial charge < -0.3 is 9.84 Å². The molecule has 0 heterocycles. The van der Waals surface area contributed by atoms with Gasteiger partial charge in [0.05, 0.1) is 0 Å². The number of benzene rings is 2. The minimum Gasteiger partial charge on any atom is -0.405 e. The summed E-state index contributed by atoms with van der Waals surface area (Å²) in [7, 11) is 0. The predicted molar refractivity (Wildman–Crippen MR) is 74.2 cm³/mol. The second-order valence-corrected chi connectivity index (χ2v) is 5.16. The first kappa shape index (κ1) is 18.1. The highest BCUT2D eigenvalue weighted by atomic mass is 19.4. The van der Waals surface area contributed by atoms with Gasteiger partial charge in [-0.25, -0.2) is 0 Å². The summed E-state index contributed by atoms with van der Waals surface area (Å²) in [4.78, 5) is 0. The van der Waals surface area contributed by atoms with Crippen molar-refractivity contribution in [2.75, 3.05) is 0 Å². The summed E-state index contributed by atoms with van der Waals surface area (Å²) in [5.41, 5.74) is -4.24. The van der Waals surface area contributed by atoms with Gasteiger partial charge in [0, 0.05) is 11.1 Å². The van der Waals surface area contributed by atoms with Gasteiger partial charge in [-0.3, -0.25) is 0 Å². The Balaban J connectivity index is 2.65. The fourth-order valence-corrected chi connectivity index (χ4v) is 2.20. The van der Waals surface area contributed by atoms with E-state index in [0.717, 1.165) is 12.1 Å². The zero-order valence-corrected chi connectivity index (χ0v) is 12.2. The van der Waals surface area contributed by atoms with E-state index < -0.39 is 29.5 Å². The lowest BCUT2D eigenvalue weighted by atomic mass is 9.87. The van der Waals surface area contributed by atoms with Crippen molar-refractivity contribution in [2.45, 2.75) is 25.1 Å². The molecule has 2 aromatic rings. The molecular formula is C16H12F6O2. The Bertz CT molecular complexity index is 719. The molecule has 0 saturated heterocycles. The normalized spacial score (nSPS) is 15.0. The Kier molecular flexibility index (Phi) is 4.54. The molecule has 0 spiro atoms. The van der Waals surface area contributed by atoms with Crippen LogP contribution in [0, 0.1) is 0 Å². The monoisotopic (exact) mass is 350 g/mol. The summed E-state index contributed by atoms with van der Waals surface area (Å²) in [6.45, 7) is 0.541. The number of hydrogen-bond donors (Lipinski definition) is 1. The Hall–Kier alpha value is -2.22. The van der Waals surface area contributed by atoms with Gasteiger partial charge in [0.25, 0.3) is 0 Å². The number of rotatable bonds is 3. The maximum atomic E-state index is 13.1. The van der Waals surface area contributed by atoms with E-state index in [1.807, 2.05) is 0 Å². The number of ether oxygens (including phenoxy) is 1. The molecule has 1 unspecified atom stereocenters. The van der Waals surface area contributed by atoms with Crippen LogP contribution in [0.1, 0.15) is 12.5 Å². The van der Waals surface area contributed by atoms with Crippen LogP contribution in [0.5, 0.6) is 5.75 Å². The highest BCUT2D eigenvalue weighted by Gasteiger charge is 2.52. The SMILES string of the molecule is CC(O)(c1ccccc1-c1ccccc1OC(F)(F)F)C(F)(F)F. The summed E-state index contributed by atoms with van der Waals surface area (Å²) < 4.78 is 80.8. The molecule has 0 aliphatic rings. The van der Waals surface area contributed by atoms with Gasteiger partial charge in [-0.2, -0.15) is 13.2 Å². The molecule has 2 rings (SSSR count). The molecule has 0 bridgehead atoms. The van der Waals surface area contributed by atoms with Crippen molar-refractivity contribution in [2.24, 2.45) is 0 Å². The zero-order valence-electron chi connectivity index (χ0n) is 12.2. The minimum atomic E-state index is -5.01. The van der Waals surface area contributed by atoms with Crippen molar-refractivity contribution in [1.29, 1.82) is 0 Å². The van der Waals surface area contributed by atoms with Crippen molar-refractivity contribution in [3.05, 3.63) is 54.1 Å². The van der Waals surface area contributed by atoms with Crippen LogP contribution in [0.4, 0.5) is 26.3 Å². The molecule has 24 heavy (non-hydrogen) atoms. The maximum absolute atomic E-state index is 13.1. The van der Waals surface area contributed by atoms with E-state index in [1.165, 1.54) is 36.4 Å². The first-order chi connectivity index (χ1) is 10.9. The summed E-state index contributed by atoms with van der Waals surface area (Å²) in [6, 6.07) is 9.60. The highest BCUT2D eigenvalue weighted by molar-refractivity contribution is 5.74. The van der Waals surface area contributed by atoms with Crippen molar-refractivity contribution in [3.8, 4) is 16.9 Å². The molecule has 8 heteroatoms. The van der Waals surface area contributed by atoms with Crippen molar-refractivity contribution in [1.82, 2.24) is 0 Å². The number of alkyl halides is 6. The van der Waals surface area contributed by atoms with Crippen LogP contribution in [0.15, 0.2) is 48.5 Å². The molecule has 1 atom stereocenters. The van der Waals surface area contributed by atoms with E-state index >= 15 is 0 Å². The Morgan fingerprint density at radius 3 is 1.83 bits per heavy atom. The van der Waals surface area contributed by atoms with E-state index in [4.69, 9.17) is 0 Å². The summed E-state index contributed by atoms with van der Waals surface area (Å²) in [5, 5.41) is 9.90. The lowest BCUT2D eigenvalue weighted by molar-refractivity contribution is -0.274. The van der Waals surface area contributed by atoms with Crippen molar-refractivity contribution in [3.63, 3.8) is 0 Å². The molecule has 0 fully saturated rings. The van der Waals surface area contributed by atoms with Crippen LogP contribution in [-0.2, 0) is 5.60 Å². The molecule has 0 aromatic heterocycles. The van der Waals surface area contributed by atoms with Gasteiger partial charge in [0.2, 0.25) is 0 Å². The minimum absolute atomic E-state index is 0.209. The Morgan fingerprint density at radius 1 is 0.792 bits per heavy atom.